The maximum Gasteiger partial charge on any atom is 0.229 e. The highest BCUT2D eigenvalue weighted by Crippen LogP contribution is 2.06. The van der Waals surface area contributed by atoms with Gasteiger partial charge in [0.15, 0.2) is 0 Å². The van der Waals surface area contributed by atoms with Crippen molar-refractivity contribution in [2.24, 2.45) is 0 Å². The third-order valence-corrected chi connectivity index (χ3v) is 1.95. The van der Waals surface area contributed by atoms with Gasteiger partial charge in [0.1, 0.15) is 5.78 Å². The molecule has 0 aromatic heterocycles. The largest absolute Gasteiger partial charge is 0.299 e. The van der Waals surface area contributed by atoms with Crippen LogP contribution in [0.4, 0.5) is 0 Å². The minimum absolute atomic E-state index is 0.143. The molecular weight excluding hydrogens is 200 g/mol. The van der Waals surface area contributed by atoms with Crippen LogP contribution in [0.5, 0.6) is 0 Å². The van der Waals surface area contributed by atoms with Gasteiger partial charge in [0.2, 0.25) is 5.24 Å². The van der Waals surface area contributed by atoms with Crippen LogP contribution in [-0.2, 0) is 16.0 Å². The molecule has 0 spiro atoms. The number of aryl methyl sites for hydroxylation is 1. The minimum Gasteiger partial charge on any atom is -0.299 e. The maximum absolute atomic E-state index is 11.2. The van der Waals surface area contributed by atoms with E-state index in [9.17, 15) is 9.59 Å². The molecule has 0 saturated carbocycles. The Labute approximate surface area is 87.9 Å². The third-order valence-electron chi connectivity index (χ3n) is 1.82. The van der Waals surface area contributed by atoms with Crippen LogP contribution in [0.3, 0.4) is 0 Å². The molecule has 0 amide bonds. The van der Waals surface area contributed by atoms with Crippen molar-refractivity contribution in [3.63, 3.8) is 0 Å². The maximum atomic E-state index is 11.2. The second-order valence-corrected chi connectivity index (χ2v) is 3.66. The van der Waals surface area contributed by atoms with E-state index in [1.54, 1.807) is 0 Å². The van der Waals surface area contributed by atoms with Crippen LogP contribution < -0.4 is 0 Å². The SMILES string of the molecule is Cc1cccc(CC(=O)CC(=O)Cl)c1. The van der Waals surface area contributed by atoms with Crippen LogP contribution in [0.15, 0.2) is 24.3 Å². The summed E-state index contributed by atoms with van der Waals surface area (Å²) in [6.45, 7) is 1.96. The van der Waals surface area contributed by atoms with Gasteiger partial charge in [-0.2, -0.15) is 0 Å². The lowest BCUT2D eigenvalue weighted by molar-refractivity contribution is -0.123. The van der Waals surface area contributed by atoms with E-state index in [1.807, 2.05) is 31.2 Å². The zero-order chi connectivity index (χ0) is 10.6. The molecule has 0 N–H and O–H groups in total. The number of hydrogen-bond donors (Lipinski definition) is 0. The van der Waals surface area contributed by atoms with Gasteiger partial charge in [-0.1, -0.05) is 29.8 Å². The molecule has 0 saturated heterocycles. The number of halogens is 1. The number of benzene rings is 1. The van der Waals surface area contributed by atoms with Gasteiger partial charge in [-0.25, -0.2) is 0 Å². The van der Waals surface area contributed by atoms with E-state index < -0.39 is 5.24 Å². The third kappa shape index (κ3) is 3.71. The quantitative estimate of drug-likeness (QED) is 0.564. The monoisotopic (exact) mass is 210 g/mol. The summed E-state index contributed by atoms with van der Waals surface area (Å²) in [5, 5.41) is -0.595. The first-order chi connectivity index (χ1) is 6.58. The van der Waals surface area contributed by atoms with Crippen molar-refractivity contribution in [3.8, 4) is 0 Å². The van der Waals surface area contributed by atoms with Crippen molar-refractivity contribution in [1.29, 1.82) is 0 Å². The Morgan fingerprint density at radius 2 is 2.07 bits per heavy atom. The molecule has 1 aromatic carbocycles. The molecule has 1 aromatic rings. The number of Topliss-reactive ketones (excluding diaryl/α,β-unsaturated/α-hetero) is 1. The van der Waals surface area contributed by atoms with Gasteiger partial charge in [-0.05, 0) is 24.1 Å². The highest BCUT2D eigenvalue weighted by Gasteiger charge is 2.07. The Morgan fingerprint density at radius 1 is 1.36 bits per heavy atom. The fourth-order valence-electron chi connectivity index (χ4n) is 1.27. The minimum atomic E-state index is -0.595. The van der Waals surface area contributed by atoms with Gasteiger partial charge in [0, 0.05) is 6.42 Å². The Kier molecular flexibility index (Phi) is 3.84. The van der Waals surface area contributed by atoms with Gasteiger partial charge in [0.05, 0.1) is 6.42 Å². The average Bonchev–Trinajstić information content (AvgIpc) is 2.01. The summed E-state index contributed by atoms with van der Waals surface area (Å²) < 4.78 is 0. The van der Waals surface area contributed by atoms with Crippen LogP contribution in [0.2, 0.25) is 0 Å². The Hall–Kier alpha value is -1.15. The lowest BCUT2D eigenvalue weighted by Gasteiger charge is -2.00. The van der Waals surface area contributed by atoms with Gasteiger partial charge in [-0.3, -0.25) is 9.59 Å². The topological polar surface area (TPSA) is 34.1 Å². The summed E-state index contributed by atoms with van der Waals surface area (Å²) in [7, 11) is 0. The van der Waals surface area contributed by atoms with Crippen molar-refractivity contribution in [3.05, 3.63) is 35.4 Å². The molecule has 0 atom stereocenters. The van der Waals surface area contributed by atoms with E-state index in [0.29, 0.717) is 0 Å². The first kappa shape index (κ1) is 10.9. The Balaban J connectivity index is 2.60. The van der Waals surface area contributed by atoms with Crippen LogP contribution in [0.1, 0.15) is 17.5 Å². The van der Waals surface area contributed by atoms with E-state index in [-0.39, 0.29) is 18.6 Å². The average molecular weight is 211 g/mol. The first-order valence-electron chi connectivity index (χ1n) is 4.33. The van der Waals surface area contributed by atoms with E-state index in [4.69, 9.17) is 11.6 Å². The summed E-state index contributed by atoms with van der Waals surface area (Å²) in [6, 6.07) is 7.64. The number of ketones is 1. The van der Waals surface area contributed by atoms with Gasteiger partial charge < -0.3 is 0 Å². The molecule has 0 radical (unpaired) electrons. The molecule has 2 nitrogen and oxygen atoms in total. The predicted molar refractivity (Wildman–Crippen MR) is 55.4 cm³/mol. The molecule has 0 heterocycles. The second-order valence-electron chi connectivity index (χ2n) is 3.24. The summed E-state index contributed by atoms with van der Waals surface area (Å²) in [6.07, 6.45) is 0.0929. The fraction of sp³-hybridized carbons (Fsp3) is 0.273. The molecule has 0 aliphatic heterocycles. The number of hydrogen-bond acceptors (Lipinski definition) is 2. The number of carbonyl (C=O) groups excluding carboxylic acids is 2. The zero-order valence-corrected chi connectivity index (χ0v) is 8.67. The molecule has 0 aliphatic carbocycles. The summed E-state index contributed by atoms with van der Waals surface area (Å²) in [5.74, 6) is -0.143. The fourth-order valence-corrected chi connectivity index (χ4v) is 1.42. The van der Waals surface area contributed by atoms with Crippen LogP contribution in [0, 0.1) is 6.92 Å². The molecule has 0 fully saturated rings. The van der Waals surface area contributed by atoms with Crippen LogP contribution in [-0.4, -0.2) is 11.0 Å². The Morgan fingerprint density at radius 3 is 2.64 bits per heavy atom. The molecule has 14 heavy (non-hydrogen) atoms. The second kappa shape index (κ2) is 4.91. The number of carbonyl (C=O) groups is 2. The zero-order valence-electron chi connectivity index (χ0n) is 7.92. The summed E-state index contributed by atoms with van der Waals surface area (Å²) >= 11 is 5.11. The van der Waals surface area contributed by atoms with Crippen molar-refractivity contribution in [1.82, 2.24) is 0 Å². The highest BCUT2D eigenvalue weighted by molar-refractivity contribution is 6.64. The first-order valence-corrected chi connectivity index (χ1v) is 4.71. The molecular formula is C11H11ClO2. The standard InChI is InChI=1S/C11H11ClO2/c1-8-3-2-4-9(5-8)6-10(13)7-11(12)14/h2-5H,6-7H2,1H3. The molecule has 0 bridgehead atoms. The van der Waals surface area contributed by atoms with Crippen LogP contribution >= 0.6 is 11.6 Å². The normalized spacial score (nSPS) is 9.86. The van der Waals surface area contributed by atoms with E-state index in [2.05, 4.69) is 0 Å². The summed E-state index contributed by atoms with van der Waals surface area (Å²) in [4.78, 5) is 21.7. The van der Waals surface area contributed by atoms with Gasteiger partial charge in [0.25, 0.3) is 0 Å². The van der Waals surface area contributed by atoms with Crippen LogP contribution in [0.25, 0.3) is 0 Å². The lowest BCUT2D eigenvalue weighted by Crippen LogP contribution is -2.06. The molecule has 0 unspecified atom stereocenters. The van der Waals surface area contributed by atoms with Gasteiger partial charge >= 0.3 is 0 Å². The molecule has 74 valence electrons. The molecule has 1 rings (SSSR count). The van der Waals surface area contributed by atoms with Gasteiger partial charge in [-0.15, -0.1) is 0 Å². The highest BCUT2D eigenvalue weighted by atomic mass is 35.5. The van der Waals surface area contributed by atoms with Crippen molar-refractivity contribution < 1.29 is 9.59 Å². The Bertz CT molecular complexity index is 358. The van der Waals surface area contributed by atoms with Crippen molar-refractivity contribution in [2.75, 3.05) is 0 Å². The molecule has 3 heteroatoms. The predicted octanol–water partition coefficient (Wildman–Crippen LogP) is 2.26. The van der Waals surface area contributed by atoms with Crippen molar-refractivity contribution in [2.45, 2.75) is 19.8 Å². The van der Waals surface area contributed by atoms with E-state index in [1.165, 1.54) is 0 Å². The van der Waals surface area contributed by atoms with E-state index >= 15 is 0 Å². The van der Waals surface area contributed by atoms with E-state index in [0.717, 1.165) is 11.1 Å². The van der Waals surface area contributed by atoms with Crippen molar-refractivity contribution >= 4 is 22.6 Å². The summed E-state index contributed by atoms with van der Waals surface area (Å²) in [5.41, 5.74) is 2.03. The smallest absolute Gasteiger partial charge is 0.229 e. The lowest BCUT2D eigenvalue weighted by atomic mass is 10.1. The molecule has 0 aliphatic rings. The number of rotatable bonds is 4.